The van der Waals surface area contributed by atoms with Gasteiger partial charge in [-0.25, -0.2) is 4.79 Å². The molecule has 1 aliphatic heterocycles. The number of esters is 1. The summed E-state index contributed by atoms with van der Waals surface area (Å²) in [7, 11) is 1.54. The monoisotopic (exact) mass is 391 g/mol. The van der Waals surface area contributed by atoms with E-state index in [-0.39, 0.29) is 25.3 Å². The highest BCUT2D eigenvalue weighted by Gasteiger charge is 2.43. The third kappa shape index (κ3) is 5.21. The molecule has 1 aromatic rings. The SMILES string of the molecule is COc1ccc(NC(=O)[C@H](C)OC(=O)CCCN2C(=O)NC(C)(C)C2=O)cc1. The van der Waals surface area contributed by atoms with E-state index in [1.54, 1.807) is 45.2 Å². The minimum atomic E-state index is -0.981. The van der Waals surface area contributed by atoms with E-state index >= 15 is 0 Å². The van der Waals surface area contributed by atoms with E-state index in [0.717, 1.165) is 4.90 Å². The zero-order chi connectivity index (χ0) is 20.9. The van der Waals surface area contributed by atoms with Gasteiger partial charge in [0.2, 0.25) is 0 Å². The molecule has 4 amide bonds. The van der Waals surface area contributed by atoms with Crippen molar-refractivity contribution < 1.29 is 28.7 Å². The highest BCUT2D eigenvalue weighted by Crippen LogP contribution is 2.17. The molecule has 9 nitrogen and oxygen atoms in total. The first kappa shape index (κ1) is 21.2. The number of benzene rings is 1. The second-order valence-electron chi connectivity index (χ2n) is 6.97. The number of methoxy groups -OCH3 is 1. The van der Waals surface area contributed by atoms with Gasteiger partial charge in [0, 0.05) is 18.7 Å². The Morgan fingerprint density at radius 3 is 2.39 bits per heavy atom. The summed E-state index contributed by atoms with van der Waals surface area (Å²) in [5, 5.41) is 5.21. The van der Waals surface area contributed by atoms with Gasteiger partial charge in [0.15, 0.2) is 6.10 Å². The Morgan fingerprint density at radius 1 is 1.21 bits per heavy atom. The molecule has 1 aliphatic rings. The lowest BCUT2D eigenvalue weighted by Crippen LogP contribution is -2.40. The average Bonchev–Trinajstić information content (AvgIpc) is 2.83. The van der Waals surface area contributed by atoms with Crippen LogP contribution in [0.1, 0.15) is 33.6 Å². The minimum absolute atomic E-state index is 0.0162. The van der Waals surface area contributed by atoms with Gasteiger partial charge < -0.3 is 20.1 Å². The lowest BCUT2D eigenvalue weighted by molar-refractivity contribution is -0.153. The lowest BCUT2D eigenvalue weighted by Gasteiger charge is -2.16. The van der Waals surface area contributed by atoms with Gasteiger partial charge in [0.05, 0.1) is 7.11 Å². The van der Waals surface area contributed by atoms with E-state index < -0.39 is 29.6 Å². The van der Waals surface area contributed by atoms with Gasteiger partial charge in [-0.3, -0.25) is 19.3 Å². The number of nitrogens with zero attached hydrogens (tertiary/aromatic N) is 1. The molecule has 0 radical (unpaired) electrons. The summed E-state index contributed by atoms with van der Waals surface area (Å²) in [4.78, 5) is 49.0. The van der Waals surface area contributed by atoms with Crippen molar-refractivity contribution in [1.29, 1.82) is 0 Å². The fourth-order valence-corrected chi connectivity index (χ4v) is 2.63. The van der Waals surface area contributed by atoms with Crippen LogP contribution < -0.4 is 15.4 Å². The van der Waals surface area contributed by atoms with Gasteiger partial charge >= 0.3 is 12.0 Å². The third-order valence-corrected chi connectivity index (χ3v) is 4.24. The van der Waals surface area contributed by atoms with Gasteiger partial charge in [-0.05, 0) is 51.5 Å². The number of ether oxygens (including phenoxy) is 2. The molecule has 152 valence electrons. The summed E-state index contributed by atoms with van der Waals surface area (Å²) in [6.07, 6.45) is -0.747. The fourth-order valence-electron chi connectivity index (χ4n) is 2.63. The van der Waals surface area contributed by atoms with Gasteiger partial charge in [-0.2, -0.15) is 0 Å². The van der Waals surface area contributed by atoms with E-state index in [4.69, 9.17) is 9.47 Å². The van der Waals surface area contributed by atoms with Crippen molar-refractivity contribution in [2.45, 2.75) is 45.3 Å². The molecule has 1 atom stereocenters. The normalized spacial score (nSPS) is 16.4. The van der Waals surface area contributed by atoms with Crippen LogP contribution in [0.25, 0.3) is 0 Å². The first-order chi connectivity index (χ1) is 13.1. The van der Waals surface area contributed by atoms with Crippen molar-refractivity contribution in [3.63, 3.8) is 0 Å². The molecule has 0 aliphatic carbocycles. The Balaban J connectivity index is 1.75. The van der Waals surface area contributed by atoms with Crippen molar-refractivity contribution >= 4 is 29.5 Å². The van der Waals surface area contributed by atoms with E-state index in [1.165, 1.54) is 6.92 Å². The molecule has 2 N–H and O–H groups in total. The van der Waals surface area contributed by atoms with Crippen molar-refractivity contribution in [1.82, 2.24) is 10.2 Å². The molecule has 28 heavy (non-hydrogen) atoms. The topological polar surface area (TPSA) is 114 Å². The largest absolute Gasteiger partial charge is 0.497 e. The number of nitrogens with one attached hydrogen (secondary N) is 2. The second kappa shape index (κ2) is 8.73. The number of urea groups is 1. The number of carbonyl (C=O) groups excluding carboxylic acids is 4. The van der Waals surface area contributed by atoms with Crippen LogP contribution in [-0.2, 0) is 19.1 Å². The Labute approximate surface area is 163 Å². The summed E-state index contributed by atoms with van der Waals surface area (Å²) in [5.74, 6) is -0.720. The molecule has 2 rings (SSSR count). The highest BCUT2D eigenvalue weighted by atomic mass is 16.5. The first-order valence-electron chi connectivity index (χ1n) is 8.92. The smallest absolute Gasteiger partial charge is 0.325 e. The Morgan fingerprint density at radius 2 is 1.86 bits per heavy atom. The van der Waals surface area contributed by atoms with E-state index in [2.05, 4.69) is 10.6 Å². The second-order valence-corrected chi connectivity index (χ2v) is 6.97. The predicted octanol–water partition coefficient (Wildman–Crippen LogP) is 1.68. The van der Waals surface area contributed by atoms with Crippen LogP contribution in [0.15, 0.2) is 24.3 Å². The van der Waals surface area contributed by atoms with Gasteiger partial charge in [-0.1, -0.05) is 0 Å². The highest BCUT2D eigenvalue weighted by molar-refractivity contribution is 6.06. The Hall–Kier alpha value is -3.10. The molecular formula is C19H25N3O6. The minimum Gasteiger partial charge on any atom is -0.497 e. The van der Waals surface area contributed by atoms with E-state index in [0.29, 0.717) is 11.4 Å². The van der Waals surface area contributed by atoms with Gasteiger partial charge in [0.1, 0.15) is 11.3 Å². The number of hydrogen-bond acceptors (Lipinski definition) is 6. The van der Waals surface area contributed by atoms with Crippen LogP contribution >= 0.6 is 0 Å². The summed E-state index contributed by atoms with van der Waals surface area (Å²) in [5.41, 5.74) is -0.388. The molecule has 0 aromatic heterocycles. The molecule has 1 saturated heterocycles. The maximum absolute atomic E-state index is 12.1. The van der Waals surface area contributed by atoms with Crippen LogP contribution in [-0.4, -0.2) is 54.0 Å². The van der Waals surface area contributed by atoms with Crippen molar-refractivity contribution in [2.24, 2.45) is 0 Å². The molecule has 1 heterocycles. The third-order valence-electron chi connectivity index (χ3n) is 4.24. The van der Waals surface area contributed by atoms with Crippen LogP contribution in [0.2, 0.25) is 0 Å². The number of rotatable bonds is 8. The number of carbonyl (C=O) groups is 4. The number of hydrogen-bond donors (Lipinski definition) is 2. The Bertz CT molecular complexity index is 759. The summed E-state index contributed by atoms with van der Waals surface area (Å²) >= 11 is 0. The fraction of sp³-hybridized carbons (Fsp3) is 0.474. The van der Waals surface area contributed by atoms with Crippen LogP contribution in [0, 0.1) is 0 Å². The summed E-state index contributed by atoms with van der Waals surface area (Å²) < 4.78 is 10.2. The Kier molecular flexibility index (Phi) is 6.61. The summed E-state index contributed by atoms with van der Waals surface area (Å²) in [6.45, 7) is 4.81. The van der Waals surface area contributed by atoms with Crippen LogP contribution in [0.5, 0.6) is 5.75 Å². The molecule has 1 aromatic carbocycles. The average molecular weight is 391 g/mol. The van der Waals surface area contributed by atoms with Gasteiger partial charge in [-0.15, -0.1) is 0 Å². The van der Waals surface area contributed by atoms with Crippen LogP contribution in [0.3, 0.4) is 0 Å². The molecule has 0 spiro atoms. The van der Waals surface area contributed by atoms with E-state index in [1.807, 2.05) is 0 Å². The quantitative estimate of drug-likeness (QED) is 0.515. The molecule has 1 fully saturated rings. The standard InChI is InChI=1S/C19H25N3O6/c1-12(16(24)20-13-7-9-14(27-4)10-8-13)28-15(23)6-5-11-22-17(25)19(2,3)21-18(22)26/h7-10,12H,5-6,11H2,1-4H3,(H,20,24)(H,21,26)/t12-/m0/s1. The predicted molar refractivity (Wildman–Crippen MR) is 101 cm³/mol. The van der Waals surface area contributed by atoms with Crippen molar-refractivity contribution in [3.8, 4) is 5.75 Å². The van der Waals surface area contributed by atoms with Crippen molar-refractivity contribution in [3.05, 3.63) is 24.3 Å². The maximum atomic E-state index is 12.1. The summed E-state index contributed by atoms with van der Waals surface area (Å²) in [6, 6.07) is 6.26. The first-order valence-corrected chi connectivity index (χ1v) is 8.92. The molecular weight excluding hydrogens is 366 g/mol. The zero-order valence-corrected chi connectivity index (χ0v) is 16.4. The molecule has 0 bridgehead atoms. The van der Waals surface area contributed by atoms with E-state index in [9.17, 15) is 19.2 Å². The molecule has 0 unspecified atom stereocenters. The number of imide groups is 1. The number of amides is 4. The zero-order valence-electron chi connectivity index (χ0n) is 16.4. The molecule has 9 heteroatoms. The van der Waals surface area contributed by atoms with Crippen LogP contribution in [0.4, 0.5) is 10.5 Å². The number of anilines is 1. The maximum Gasteiger partial charge on any atom is 0.325 e. The molecule has 0 saturated carbocycles. The lowest BCUT2D eigenvalue weighted by atomic mass is 10.1. The van der Waals surface area contributed by atoms with Crippen molar-refractivity contribution in [2.75, 3.05) is 19.0 Å². The van der Waals surface area contributed by atoms with Gasteiger partial charge in [0.25, 0.3) is 11.8 Å².